The molecule has 0 fully saturated rings. The van der Waals surface area contributed by atoms with E-state index in [0.29, 0.717) is 0 Å². The summed E-state index contributed by atoms with van der Waals surface area (Å²) in [7, 11) is 0. The van der Waals surface area contributed by atoms with E-state index in [4.69, 9.17) is 9.97 Å². The summed E-state index contributed by atoms with van der Waals surface area (Å²) < 4.78 is 2.34. The highest BCUT2D eigenvalue weighted by Gasteiger charge is 2.18. The molecule has 48 heavy (non-hydrogen) atoms. The lowest BCUT2D eigenvalue weighted by atomic mass is 9.87. The quantitative estimate of drug-likeness (QED) is 0.199. The van der Waals surface area contributed by atoms with E-state index >= 15 is 0 Å². The van der Waals surface area contributed by atoms with Gasteiger partial charge in [0.1, 0.15) is 5.65 Å². The zero-order valence-corrected chi connectivity index (χ0v) is 27.0. The number of para-hydroxylation sites is 3. The highest BCUT2D eigenvalue weighted by molar-refractivity contribution is 6.21. The lowest BCUT2D eigenvalue weighted by Crippen LogP contribution is -2.11. The molecule has 1 N–H and O–H groups in total. The van der Waals surface area contributed by atoms with Crippen LogP contribution in [0.5, 0.6) is 0 Å². The second-order valence-corrected chi connectivity index (χ2v) is 14.0. The summed E-state index contributed by atoms with van der Waals surface area (Å²) in [5.74, 6) is 0. The number of hydrogen-bond donors (Lipinski definition) is 1. The van der Waals surface area contributed by atoms with Crippen LogP contribution in [0.1, 0.15) is 26.3 Å². The van der Waals surface area contributed by atoms with Gasteiger partial charge < -0.3 is 4.98 Å². The van der Waals surface area contributed by atoms with Gasteiger partial charge in [-0.3, -0.25) is 4.40 Å². The third kappa shape index (κ3) is 3.96. The predicted molar refractivity (Wildman–Crippen MR) is 203 cm³/mol. The Morgan fingerprint density at radius 1 is 0.479 bits per heavy atom. The number of pyridine rings is 2. The Balaban J connectivity index is 1.54. The Hall–Kier alpha value is -6.00. The van der Waals surface area contributed by atoms with Crippen LogP contribution in [0, 0.1) is 0 Å². The molecule has 5 aromatic carbocycles. The minimum atomic E-state index is -0.110. The zero-order valence-electron chi connectivity index (χ0n) is 27.0. The number of fused-ring (bicyclic) bond motifs is 13. The molecule has 10 rings (SSSR count). The van der Waals surface area contributed by atoms with Gasteiger partial charge in [0.15, 0.2) is 0 Å². The standard InChI is InChI=1S/C44H32N4/c1-44(2,3)29-24-38-37-22-28(26-11-5-4-6-12-26)21-36(45-37)35-17-10-16-34-33-15-9-14-30(42(33)47-43(34)35)27-19-20-32-31-13-7-8-18-39(31)48(40(32)23-27)41(25-29)46-38/h4-25,47H,1-3H3. The smallest absolute Gasteiger partial charge is 0.138 e. The highest BCUT2D eigenvalue weighted by atomic mass is 15.0. The van der Waals surface area contributed by atoms with Crippen LogP contribution in [0.2, 0.25) is 0 Å². The molecule has 0 radical (unpaired) electrons. The molecule has 0 aliphatic rings. The first-order valence-corrected chi connectivity index (χ1v) is 16.6. The Kier molecular flexibility index (Phi) is 5.52. The first-order chi connectivity index (χ1) is 23.4. The van der Waals surface area contributed by atoms with Gasteiger partial charge >= 0.3 is 0 Å². The summed E-state index contributed by atoms with van der Waals surface area (Å²) in [6, 6.07) is 48.2. The number of hydrogen-bond acceptors (Lipinski definition) is 2. The van der Waals surface area contributed by atoms with Crippen LogP contribution in [0.15, 0.2) is 133 Å². The van der Waals surface area contributed by atoms with Crippen LogP contribution >= 0.6 is 0 Å². The van der Waals surface area contributed by atoms with Crippen molar-refractivity contribution in [2.24, 2.45) is 0 Å². The summed E-state index contributed by atoms with van der Waals surface area (Å²) in [6.45, 7) is 6.81. The van der Waals surface area contributed by atoms with Gasteiger partial charge in [0.25, 0.3) is 0 Å². The van der Waals surface area contributed by atoms with Crippen molar-refractivity contribution < 1.29 is 0 Å². The third-order valence-corrected chi connectivity index (χ3v) is 10.0. The van der Waals surface area contributed by atoms with Crippen LogP contribution < -0.4 is 0 Å². The molecule has 0 spiro atoms. The van der Waals surface area contributed by atoms with Crippen molar-refractivity contribution in [2.45, 2.75) is 26.2 Å². The molecule has 5 heterocycles. The van der Waals surface area contributed by atoms with E-state index in [0.717, 1.165) is 66.2 Å². The number of benzene rings is 5. The van der Waals surface area contributed by atoms with Crippen LogP contribution in [0.4, 0.5) is 0 Å². The molecule has 0 unspecified atom stereocenters. The molecule has 0 saturated heterocycles. The molecule has 0 atom stereocenters. The summed E-state index contributed by atoms with van der Waals surface area (Å²) in [4.78, 5) is 14.8. The van der Waals surface area contributed by atoms with Gasteiger partial charge in [-0.2, -0.15) is 0 Å². The minimum absolute atomic E-state index is 0.110. The third-order valence-electron chi connectivity index (χ3n) is 10.0. The van der Waals surface area contributed by atoms with Crippen molar-refractivity contribution in [3.8, 4) is 11.1 Å². The Morgan fingerprint density at radius 2 is 1.12 bits per heavy atom. The maximum absolute atomic E-state index is 5.46. The van der Waals surface area contributed by atoms with Crippen molar-refractivity contribution in [3.05, 3.63) is 139 Å². The number of nitrogens with one attached hydrogen (secondary N) is 1. The minimum Gasteiger partial charge on any atom is -0.353 e. The summed E-state index contributed by atoms with van der Waals surface area (Å²) in [5, 5.41) is 8.23. The van der Waals surface area contributed by atoms with Crippen molar-refractivity contribution in [1.29, 1.82) is 0 Å². The van der Waals surface area contributed by atoms with E-state index < -0.39 is 0 Å². The molecule has 0 saturated carbocycles. The van der Waals surface area contributed by atoms with Crippen molar-refractivity contribution in [1.82, 2.24) is 19.4 Å². The maximum atomic E-state index is 5.46. The van der Waals surface area contributed by atoms with E-state index in [-0.39, 0.29) is 5.41 Å². The van der Waals surface area contributed by atoms with E-state index in [2.05, 4.69) is 164 Å². The number of aromatic nitrogens is 4. The van der Waals surface area contributed by atoms with Crippen molar-refractivity contribution in [3.63, 3.8) is 0 Å². The zero-order chi connectivity index (χ0) is 32.1. The van der Waals surface area contributed by atoms with Crippen LogP contribution in [0.3, 0.4) is 0 Å². The van der Waals surface area contributed by atoms with Gasteiger partial charge in [0.05, 0.1) is 38.6 Å². The molecule has 10 aromatic rings. The molecule has 4 nitrogen and oxygen atoms in total. The Bertz CT molecular complexity index is 2980. The SMILES string of the molecule is CC(C)(C)c1cc2nc(c1)n1c3ccccc3c3ccc(cc31)c1cccc3c4cccc(c5cc(-c6ccccc6)cc2n5)c4[nH]c13. The average molecular weight is 617 g/mol. The summed E-state index contributed by atoms with van der Waals surface area (Å²) in [6.07, 6.45) is 0. The molecular weight excluding hydrogens is 585 g/mol. The van der Waals surface area contributed by atoms with Crippen molar-refractivity contribution >= 4 is 82.0 Å². The largest absolute Gasteiger partial charge is 0.353 e. The number of nitrogens with zero attached hydrogens (tertiary/aromatic N) is 3. The lowest BCUT2D eigenvalue weighted by Gasteiger charge is -2.19. The van der Waals surface area contributed by atoms with Crippen LogP contribution in [-0.2, 0) is 5.41 Å². The van der Waals surface area contributed by atoms with Gasteiger partial charge in [-0.05, 0) is 63.9 Å². The highest BCUT2D eigenvalue weighted by Crippen LogP contribution is 2.37. The monoisotopic (exact) mass is 616 g/mol. The van der Waals surface area contributed by atoms with Gasteiger partial charge in [0, 0.05) is 32.3 Å². The fourth-order valence-corrected chi connectivity index (χ4v) is 7.58. The van der Waals surface area contributed by atoms with E-state index in [1.54, 1.807) is 0 Å². The molecule has 8 bridgehead atoms. The maximum Gasteiger partial charge on any atom is 0.138 e. The number of rotatable bonds is 1. The van der Waals surface area contributed by atoms with Crippen molar-refractivity contribution in [2.75, 3.05) is 0 Å². The first-order valence-electron chi connectivity index (χ1n) is 16.6. The van der Waals surface area contributed by atoms with E-state index in [1.165, 1.54) is 32.5 Å². The second kappa shape index (κ2) is 9.76. The van der Waals surface area contributed by atoms with Gasteiger partial charge in [-0.1, -0.05) is 118 Å². The number of H-pyrrole nitrogens is 1. The molecule has 228 valence electrons. The normalized spacial score (nSPS) is 12.5. The van der Waals surface area contributed by atoms with E-state index in [1.807, 2.05) is 0 Å². The summed E-state index contributed by atoms with van der Waals surface area (Å²) >= 11 is 0. The van der Waals surface area contributed by atoms with Gasteiger partial charge in [-0.25, -0.2) is 9.97 Å². The van der Waals surface area contributed by atoms with Crippen LogP contribution in [-0.4, -0.2) is 19.4 Å². The molecular formula is C44H32N4. The number of aromatic amines is 1. The van der Waals surface area contributed by atoms with Crippen LogP contribution in [0.25, 0.3) is 93.1 Å². The lowest BCUT2D eigenvalue weighted by molar-refractivity contribution is 0.591. The van der Waals surface area contributed by atoms with Gasteiger partial charge in [-0.15, -0.1) is 0 Å². The topological polar surface area (TPSA) is 46.0 Å². The molecule has 4 heteroatoms. The average Bonchev–Trinajstić information content (AvgIpc) is 3.66. The fraction of sp³-hybridized carbons (Fsp3) is 0.0909. The summed E-state index contributed by atoms with van der Waals surface area (Å²) in [5.41, 5.74) is 11.4. The first kappa shape index (κ1) is 27.1. The second-order valence-electron chi connectivity index (χ2n) is 14.0. The van der Waals surface area contributed by atoms with Gasteiger partial charge in [0.2, 0.25) is 0 Å². The molecule has 0 amide bonds. The molecule has 0 aliphatic carbocycles. The van der Waals surface area contributed by atoms with E-state index in [9.17, 15) is 0 Å². The predicted octanol–water partition coefficient (Wildman–Crippen LogP) is 11.7. The fourth-order valence-electron chi connectivity index (χ4n) is 7.58. The Labute approximate surface area is 277 Å². The molecule has 0 aliphatic heterocycles. The Morgan fingerprint density at radius 3 is 1.94 bits per heavy atom. The molecule has 5 aromatic heterocycles.